The molecular formula is C12H18N2O2. The molecule has 0 radical (unpaired) electrons. The lowest BCUT2D eigenvalue weighted by Crippen LogP contribution is -2.24. The average molecular weight is 222 g/mol. The third-order valence-electron chi connectivity index (χ3n) is 2.38. The molecule has 0 aromatic heterocycles. The molecule has 88 valence electrons. The predicted octanol–water partition coefficient (Wildman–Crippen LogP) is 1.17. The zero-order chi connectivity index (χ0) is 12.0. The van der Waals surface area contributed by atoms with E-state index in [0.717, 1.165) is 12.8 Å². The van der Waals surface area contributed by atoms with Crippen molar-refractivity contribution in [1.29, 1.82) is 0 Å². The fourth-order valence-electron chi connectivity index (χ4n) is 1.37. The molecule has 0 fully saturated rings. The summed E-state index contributed by atoms with van der Waals surface area (Å²) in [7, 11) is 0. The van der Waals surface area contributed by atoms with Crippen LogP contribution in [0.15, 0.2) is 18.2 Å². The molecule has 16 heavy (non-hydrogen) atoms. The number of benzene rings is 1. The van der Waals surface area contributed by atoms with Gasteiger partial charge in [-0.1, -0.05) is 0 Å². The molecule has 0 aliphatic rings. The van der Waals surface area contributed by atoms with Crippen molar-refractivity contribution in [2.24, 2.45) is 5.73 Å². The number of hydrogen-bond acceptors (Lipinski definition) is 3. The number of nitrogens with one attached hydrogen (secondary N) is 1. The van der Waals surface area contributed by atoms with Gasteiger partial charge in [0.1, 0.15) is 5.75 Å². The van der Waals surface area contributed by atoms with Gasteiger partial charge in [-0.25, -0.2) is 0 Å². The first kappa shape index (κ1) is 12.5. The third kappa shape index (κ3) is 3.55. The molecule has 4 N–H and O–H groups in total. The van der Waals surface area contributed by atoms with Gasteiger partial charge in [0.25, 0.3) is 5.91 Å². The van der Waals surface area contributed by atoms with Crippen molar-refractivity contribution in [3.05, 3.63) is 29.3 Å². The molecule has 0 atom stereocenters. The molecule has 0 saturated carbocycles. The van der Waals surface area contributed by atoms with Gasteiger partial charge in [0, 0.05) is 12.1 Å². The highest BCUT2D eigenvalue weighted by molar-refractivity contribution is 5.94. The zero-order valence-electron chi connectivity index (χ0n) is 9.49. The van der Waals surface area contributed by atoms with Crippen molar-refractivity contribution < 1.29 is 9.90 Å². The second-order valence-corrected chi connectivity index (χ2v) is 3.75. The number of aromatic hydroxyl groups is 1. The summed E-state index contributed by atoms with van der Waals surface area (Å²) in [6, 6.07) is 4.82. The van der Waals surface area contributed by atoms with Crippen LogP contribution < -0.4 is 11.1 Å². The standard InChI is InChI=1S/C12H18N2O2/c1-9-8-10(4-5-11(9)15)12(16)14-7-3-2-6-13/h4-5,8,15H,2-3,6-7,13H2,1H3,(H,14,16). The minimum atomic E-state index is -0.111. The minimum Gasteiger partial charge on any atom is -0.508 e. The highest BCUT2D eigenvalue weighted by atomic mass is 16.3. The van der Waals surface area contributed by atoms with Crippen LogP contribution in [-0.4, -0.2) is 24.1 Å². The van der Waals surface area contributed by atoms with Crippen molar-refractivity contribution >= 4 is 5.91 Å². The normalized spacial score (nSPS) is 10.1. The molecule has 0 spiro atoms. The predicted molar refractivity (Wildman–Crippen MR) is 63.5 cm³/mol. The highest BCUT2D eigenvalue weighted by Gasteiger charge is 2.06. The van der Waals surface area contributed by atoms with Crippen LogP contribution >= 0.6 is 0 Å². The van der Waals surface area contributed by atoms with Crippen molar-refractivity contribution in [1.82, 2.24) is 5.32 Å². The number of carbonyl (C=O) groups is 1. The summed E-state index contributed by atoms with van der Waals surface area (Å²) in [5.41, 5.74) is 6.63. The Bertz CT molecular complexity index is 364. The van der Waals surface area contributed by atoms with E-state index in [1.54, 1.807) is 19.1 Å². The maximum atomic E-state index is 11.6. The topological polar surface area (TPSA) is 75.4 Å². The number of phenolic OH excluding ortho intramolecular Hbond substituents is 1. The Balaban J connectivity index is 2.50. The van der Waals surface area contributed by atoms with Crippen LogP contribution in [0.5, 0.6) is 5.75 Å². The molecule has 1 aromatic rings. The molecule has 1 rings (SSSR count). The summed E-state index contributed by atoms with van der Waals surface area (Å²) in [5, 5.41) is 12.1. The smallest absolute Gasteiger partial charge is 0.251 e. The molecular weight excluding hydrogens is 204 g/mol. The van der Waals surface area contributed by atoms with E-state index in [4.69, 9.17) is 5.73 Å². The Labute approximate surface area is 95.5 Å². The van der Waals surface area contributed by atoms with E-state index in [1.165, 1.54) is 6.07 Å². The molecule has 0 bridgehead atoms. The van der Waals surface area contributed by atoms with E-state index >= 15 is 0 Å². The molecule has 0 unspecified atom stereocenters. The van der Waals surface area contributed by atoms with Crippen molar-refractivity contribution in [2.75, 3.05) is 13.1 Å². The molecule has 1 amide bonds. The van der Waals surface area contributed by atoms with Gasteiger partial charge in [-0.05, 0) is 50.1 Å². The Kier molecular flexibility index (Phi) is 4.79. The first-order chi connectivity index (χ1) is 7.65. The molecule has 0 aliphatic carbocycles. The van der Waals surface area contributed by atoms with Crippen LogP contribution in [0.3, 0.4) is 0 Å². The summed E-state index contributed by atoms with van der Waals surface area (Å²) < 4.78 is 0. The number of nitrogens with two attached hydrogens (primary N) is 1. The Morgan fingerprint density at radius 1 is 1.44 bits per heavy atom. The maximum absolute atomic E-state index is 11.6. The van der Waals surface area contributed by atoms with E-state index in [-0.39, 0.29) is 11.7 Å². The molecule has 1 aromatic carbocycles. The van der Waals surface area contributed by atoms with Crippen LogP contribution in [0.4, 0.5) is 0 Å². The van der Waals surface area contributed by atoms with E-state index < -0.39 is 0 Å². The summed E-state index contributed by atoms with van der Waals surface area (Å²) in [6.07, 6.45) is 1.80. The number of rotatable bonds is 5. The number of aryl methyl sites for hydroxylation is 1. The lowest BCUT2D eigenvalue weighted by Gasteiger charge is -2.06. The van der Waals surface area contributed by atoms with Crippen LogP contribution in [0.1, 0.15) is 28.8 Å². The second-order valence-electron chi connectivity index (χ2n) is 3.75. The summed E-state index contributed by atoms with van der Waals surface area (Å²) >= 11 is 0. The highest BCUT2D eigenvalue weighted by Crippen LogP contribution is 2.16. The van der Waals surface area contributed by atoms with E-state index in [1.807, 2.05) is 0 Å². The molecule has 4 nitrogen and oxygen atoms in total. The molecule has 0 saturated heterocycles. The van der Waals surface area contributed by atoms with E-state index in [2.05, 4.69) is 5.32 Å². The number of hydrogen-bond donors (Lipinski definition) is 3. The quantitative estimate of drug-likeness (QED) is 0.655. The lowest BCUT2D eigenvalue weighted by atomic mass is 10.1. The van der Waals surface area contributed by atoms with Gasteiger partial charge in [0.15, 0.2) is 0 Å². The van der Waals surface area contributed by atoms with Crippen molar-refractivity contribution in [2.45, 2.75) is 19.8 Å². The van der Waals surface area contributed by atoms with Gasteiger partial charge in [-0.15, -0.1) is 0 Å². The van der Waals surface area contributed by atoms with Gasteiger partial charge >= 0.3 is 0 Å². The van der Waals surface area contributed by atoms with Gasteiger partial charge in [0.2, 0.25) is 0 Å². The first-order valence-corrected chi connectivity index (χ1v) is 5.43. The van der Waals surface area contributed by atoms with Gasteiger partial charge in [-0.3, -0.25) is 4.79 Å². The van der Waals surface area contributed by atoms with Crippen LogP contribution in [0.2, 0.25) is 0 Å². The summed E-state index contributed by atoms with van der Waals surface area (Å²) in [6.45, 7) is 3.05. The zero-order valence-corrected chi connectivity index (χ0v) is 9.49. The molecule has 0 aliphatic heterocycles. The number of amides is 1. The largest absolute Gasteiger partial charge is 0.508 e. The minimum absolute atomic E-state index is 0.111. The summed E-state index contributed by atoms with van der Waals surface area (Å²) in [4.78, 5) is 11.6. The van der Waals surface area contributed by atoms with Crippen molar-refractivity contribution in [3.8, 4) is 5.75 Å². The fraction of sp³-hybridized carbons (Fsp3) is 0.417. The fourth-order valence-corrected chi connectivity index (χ4v) is 1.37. The Morgan fingerprint density at radius 2 is 2.19 bits per heavy atom. The van der Waals surface area contributed by atoms with Crippen LogP contribution in [-0.2, 0) is 0 Å². The lowest BCUT2D eigenvalue weighted by molar-refractivity contribution is 0.0953. The first-order valence-electron chi connectivity index (χ1n) is 5.43. The van der Waals surface area contributed by atoms with Gasteiger partial charge < -0.3 is 16.2 Å². The number of phenols is 1. The number of carbonyl (C=O) groups excluding carboxylic acids is 1. The van der Waals surface area contributed by atoms with Gasteiger partial charge in [-0.2, -0.15) is 0 Å². The van der Waals surface area contributed by atoms with Gasteiger partial charge in [0.05, 0.1) is 0 Å². The summed E-state index contributed by atoms with van der Waals surface area (Å²) in [5.74, 6) is 0.0970. The third-order valence-corrected chi connectivity index (χ3v) is 2.38. The second kappa shape index (κ2) is 6.12. The maximum Gasteiger partial charge on any atom is 0.251 e. The van der Waals surface area contributed by atoms with Crippen LogP contribution in [0.25, 0.3) is 0 Å². The Morgan fingerprint density at radius 3 is 2.81 bits per heavy atom. The Hall–Kier alpha value is -1.55. The monoisotopic (exact) mass is 222 g/mol. The molecule has 4 heteroatoms. The number of unbranched alkanes of at least 4 members (excludes halogenated alkanes) is 1. The SMILES string of the molecule is Cc1cc(C(=O)NCCCCN)ccc1O. The van der Waals surface area contributed by atoms with Crippen molar-refractivity contribution in [3.63, 3.8) is 0 Å². The van der Waals surface area contributed by atoms with Crippen LogP contribution in [0, 0.1) is 6.92 Å². The van der Waals surface area contributed by atoms with E-state index in [0.29, 0.717) is 24.2 Å². The molecule has 0 heterocycles. The average Bonchev–Trinajstić information content (AvgIpc) is 2.28. The van der Waals surface area contributed by atoms with E-state index in [9.17, 15) is 9.90 Å².